The second-order valence-corrected chi connectivity index (χ2v) is 12.0. The highest BCUT2D eigenvalue weighted by atomic mass is 16.3. The average molecular weight is 546 g/mol. The van der Waals surface area contributed by atoms with E-state index in [2.05, 4.69) is 139 Å². The van der Waals surface area contributed by atoms with Crippen molar-refractivity contribution >= 4 is 44.0 Å². The largest absolute Gasteiger partial charge is 0.451 e. The third-order valence-corrected chi connectivity index (χ3v) is 9.21. The summed E-state index contributed by atoms with van der Waals surface area (Å²) in [7, 11) is 0. The van der Waals surface area contributed by atoms with Crippen LogP contribution in [0, 0.1) is 13.8 Å². The highest BCUT2D eigenvalue weighted by Crippen LogP contribution is 2.43. The van der Waals surface area contributed by atoms with Crippen molar-refractivity contribution in [1.82, 2.24) is 14.5 Å². The van der Waals surface area contributed by atoms with Crippen molar-refractivity contribution in [2.75, 3.05) is 0 Å². The van der Waals surface area contributed by atoms with Crippen LogP contribution < -0.4 is 4.57 Å². The Hall–Kier alpha value is -5.16. The van der Waals surface area contributed by atoms with Crippen LogP contribution in [0.3, 0.4) is 0 Å². The highest BCUT2D eigenvalue weighted by Gasteiger charge is 2.45. The monoisotopic (exact) mass is 545 g/mol. The van der Waals surface area contributed by atoms with E-state index in [0.717, 1.165) is 66.9 Å². The Morgan fingerprint density at radius 2 is 1.45 bits per heavy atom. The first-order valence-corrected chi connectivity index (χ1v) is 14.5. The van der Waals surface area contributed by atoms with Crippen LogP contribution in [0.1, 0.15) is 30.5 Å². The molecular formula is C37H29N4O+. The number of para-hydroxylation sites is 4. The van der Waals surface area contributed by atoms with Crippen LogP contribution in [0.25, 0.3) is 72.5 Å². The van der Waals surface area contributed by atoms with E-state index >= 15 is 0 Å². The maximum atomic E-state index is 6.98. The van der Waals surface area contributed by atoms with Gasteiger partial charge in [0.05, 0.1) is 27.8 Å². The van der Waals surface area contributed by atoms with E-state index < -0.39 is 0 Å². The van der Waals surface area contributed by atoms with Crippen molar-refractivity contribution in [1.29, 1.82) is 0 Å². The smallest absolute Gasteiger partial charge is 0.288 e. The molecule has 5 nitrogen and oxygen atoms in total. The molecule has 1 N–H and O–H groups in total. The maximum absolute atomic E-state index is 6.98. The fourth-order valence-corrected chi connectivity index (χ4v) is 7.32. The molecule has 202 valence electrons. The number of rotatable bonds is 2. The minimum absolute atomic E-state index is 0.226. The number of aromatic nitrogens is 4. The Labute approximate surface area is 242 Å². The van der Waals surface area contributed by atoms with Crippen molar-refractivity contribution < 1.29 is 8.98 Å². The molecule has 8 aromatic rings. The molecule has 3 aromatic heterocycles. The van der Waals surface area contributed by atoms with Gasteiger partial charge in [-0.1, -0.05) is 60.7 Å². The third-order valence-electron chi connectivity index (χ3n) is 9.21. The molecule has 0 spiro atoms. The quantitative estimate of drug-likeness (QED) is 0.221. The maximum Gasteiger partial charge on any atom is 0.288 e. The molecule has 0 fully saturated rings. The van der Waals surface area contributed by atoms with E-state index in [1.54, 1.807) is 0 Å². The Morgan fingerprint density at radius 1 is 0.738 bits per heavy atom. The number of benzene rings is 5. The predicted octanol–water partition coefficient (Wildman–Crippen LogP) is 8.74. The highest BCUT2D eigenvalue weighted by molar-refractivity contribution is 6.15. The molecule has 0 radical (unpaired) electrons. The lowest BCUT2D eigenvalue weighted by Crippen LogP contribution is -2.49. The molecule has 4 heterocycles. The second-order valence-electron chi connectivity index (χ2n) is 12.0. The number of nitrogens with one attached hydrogen (secondary N) is 1. The van der Waals surface area contributed by atoms with Gasteiger partial charge in [0.1, 0.15) is 16.9 Å². The number of imidazole rings is 2. The van der Waals surface area contributed by atoms with Crippen molar-refractivity contribution in [3.63, 3.8) is 0 Å². The molecule has 5 heteroatoms. The van der Waals surface area contributed by atoms with E-state index in [0.29, 0.717) is 0 Å². The van der Waals surface area contributed by atoms with Crippen molar-refractivity contribution in [2.45, 2.75) is 33.2 Å². The van der Waals surface area contributed by atoms with Crippen LogP contribution >= 0.6 is 0 Å². The van der Waals surface area contributed by atoms with Gasteiger partial charge in [0.15, 0.2) is 11.1 Å². The van der Waals surface area contributed by atoms with Crippen LogP contribution in [0.2, 0.25) is 0 Å². The first-order valence-electron chi connectivity index (χ1n) is 14.5. The molecule has 9 rings (SSSR count). The van der Waals surface area contributed by atoms with Gasteiger partial charge < -0.3 is 4.42 Å². The summed E-state index contributed by atoms with van der Waals surface area (Å²) < 4.78 is 11.7. The molecule has 5 aromatic carbocycles. The minimum atomic E-state index is -0.226. The lowest BCUT2D eigenvalue weighted by Gasteiger charge is -2.18. The standard InChI is InChI=1S/C37H28N4O/c1-21-11-9-12-22(2)31(21)40-30-18-8-7-17-28(30)38-35(40)26-15-10-14-23-24-19-20-29-32(34(24)42-33(23)26)41-36(39-29)25-13-5-6-16-27(25)37(41,3)4/h5-20H,1-4H3/p+1. The normalized spacial score (nSPS) is 13.9. The molecule has 0 aliphatic carbocycles. The van der Waals surface area contributed by atoms with Gasteiger partial charge in [-0.05, 0) is 75.2 Å². The molecule has 1 aliphatic rings. The summed E-state index contributed by atoms with van der Waals surface area (Å²) >= 11 is 0. The van der Waals surface area contributed by atoms with E-state index in [4.69, 9.17) is 9.40 Å². The average Bonchev–Trinajstić information content (AvgIpc) is 3.72. The number of aromatic amines is 1. The number of hydrogen-bond donors (Lipinski definition) is 1. The van der Waals surface area contributed by atoms with Crippen molar-refractivity contribution in [2.24, 2.45) is 0 Å². The van der Waals surface area contributed by atoms with Crippen LogP contribution in [-0.2, 0) is 5.54 Å². The van der Waals surface area contributed by atoms with E-state index in [9.17, 15) is 0 Å². The number of H-pyrrole nitrogens is 1. The van der Waals surface area contributed by atoms with Gasteiger partial charge in [0.25, 0.3) is 5.82 Å². The zero-order valence-corrected chi connectivity index (χ0v) is 24.0. The SMILES string of the molecule is Cc1cccc(C)c1-n1c(-c2cccc3c2oc2c3ccc3[nH]c4[n+](c32)C(C)(C)c2ccccc2-4)nc2ccccc21. The van der Waals surface area contributed by atoms with Crippen LogP contribution in [0.15, 0.2) is 101 Å². The van der Waals surface area contributed by atoms with Gasteiger partial charge in [-0.15, -0.1) is 0 Å². The van der Waals surface area contributed by atoms with Gasteiger partial charge in [0, 0.05) is 16.3 Å². The lowest BCUT2D eigenvalue weighted by molar-refractivity contribution is -0.706. The number of aryl methyl sites for hydroxylation is 2. The van der Waals surface area contributed by atoms with Gasteiger partial charge in [-0.25, -0.2) is 14.5 Å². The summed E-state index contributed by atoms with van der Waals surface area (Å²) in [5.74, 6) is 2.00. The minimum Gasteiger partial charge on any atom is -0.451 e. The lowest BCUT2D eigenvalue weighted by atomic mass is 9.93. The van der Waals surface area contributed by atoms with Crippen LogP contribution in [-0.4, -0.2) is 14.5 Å². The molecule has 0 atom stereocenters. The zero-order valence-electron chi connectivity index (χ0n) is 24.0. The summed E-state index contributed by atoms with van der Waals surface area (Å²) in [5.41, 5.74) is 12.8. The number of furan rings is 1. The number of nitrogens with zero attached hydrogens (tertiary/aromatic N) is 3. The predicted molar refractivity (Wildman–Crippen MR) is 169 cm³/mol. The third kappa shape index (κ3) is 2.87. The Morgan fingerprint density at radius 3 is 2.31 bits per heavy atom. The molecule has 0 bridgehead atoms. The summed E-state index contributed by atoms with van der Waals surface area (Å²) in [6.07, 6.45) is 0. The topological polar surface area (TPSA) is 50.6 Å². The zero-order chi connectivity index (χ0) is 28.3. The summed E-state index contributed by atoms with van der Waals surface area (Å²) in [4.78, 5) is 8.93. The molecule has 42 heavy (non-hydrogen) atoms. The molecule has 0 saturated heterocycles. The van der Waals surface area contributed by atoms with E-state index in [1.807, 2.05) is 0 Å². The molecule has 0 amide bonds. The van der Waals surface area contributed by atoms with Gasteiger partial charge >= 0.3 is 0 Å². The molecule has 0 unspecified atom stereocenters. The second kappa shape index (κ2) is 7.98. The molecular weight excluding hydrogens is 516 g/mol. The van der Waals surface area contributed by atoms with Crippen molar-refractivity contribution in [3.8, 4) is 28.5 Å². The summed E-state index contributed by atoms with van der Waals surface area (Å²) in [6, 6.07) is 34.3. The van der Waals surface area contributed by atoms with Gasteiger partial charge in [-0.2, -0.15) is 0 Å². The summed E-state index contributed by atoms with van der Waals surface area (Å²) in [5, 5.41) is 2.20. The Kier molecular flexibility index (Phi) is 4.47. The molecule has 0 saturated carbocycles. The van der Waals surface area contributed by atoms with E-state index in [-0.39, 0.29) is 5.54 Å². The first kappa shape index (κ1) is 23.5. The fourth-order valence-electron chi connectivity index (χ4n) is 7.32. The van der Waals surface area contributed by atoms with Gasteiger partial charge in [-0.3, -0.25) is 4.57 Å². The summed E-state index contributed by atoms with van der Waals surface area (Å²) in [6.45, 7) is 8.91. The van der Waals surface area contributed by atoms with Crippen LogP contribution in [0.4, 0.5) is 0 Å². The van der Waals surface area contributed by atoms with Crippen molar-refractivity contribution in [3.05, 3.63) is 114 Å². The Bertz CT molecular complexity index is 2400. The van der Waals surface area contributed by atoms with Crippen LogP contribution in [0.5, 0.6) is 0 Å². The fraction of sp³-hybridized carbons (Fsp3) is 0.135. The Balaban J connectivity index is 1.39. The number of hydrogen-bond acceptors (Lipinski definition) is 2. The number of fused-ring (bicyclic) bond motifs is 10. The molecule has 1 aliphatic heterocycles. The van der Waals surface area contributed by atoms with Gasteiger partial charge in [0.2, 0.25) is 5.52 Å². The first-order chi connectivity index (χ1) is 20.4. The van der Waals surface area contributed by atoms with E-state index in [1.165, 1.54) is 22.3 Å².